The van der Waals surface area contributed by atoms with Gasteiger partial charge < -0.3 is 4.74 Å². The second kappa shape index (κ2) is 7.68. The van der Waals surface area contributed by atoms with Crippen LogP contribution in [0.25, 0.3) is 15.8 Å². The number of hydrogen-bond acceptors (Lipinski definition) is 4. The smallest absolute Gasteiger partial charge is 0.0834 e. The zero-order chi connectivity index (χ0) is 17.1. The largest absolute Gasteiger partial charge is 0.379 e. The van der Waals surface area contributed by atoms with Crippen molar-refractivity contribution in [2.24, 2.45) is 0 Å². The molecule has 1 aromatic carbocycles. The van der Waals surface area contributed by atoms with Crippen molar-refractivity contribution in [3.8, 4) is 5.69 Å². The molecule has 0 saturated carbocycles. The van der Waals surface area contributed by atoms with Crippen LogP contribution in [0, 0.1) is 6.92 Å². The van der Waals surface area contributed by atoms with Gasteiger partial charge in [-0.05, 0) is 44.9 Å². The fourth-order valence-electron chi connectivity index (χ4n) is 3.50. The lowest BCUT2D eigenvalue weighted by Gasteiger charge is -2.26. The second-order valence-electron chi connectivity index (χ2n) is 6.72. The quantitative estimate of drug-likeness (QED) is 0.625. The predicted molar refractivity (Wildman–Crippen MR) is 104 cm³/mol. The number of hydrogen-bond donors (Lipinski definition) is 0. The first-order chi connectivity index (χ1) is 12.3. The molecule has 0 atom stereocenters. The predicted octanol–water partition coefficient (Wildman–Crippen LogP) is 4.05. The molecule has 0 spiro atoms. The molecule has 1 fully saturated rings. The molecule has 4 nitrogen and oxygen atoms in total. The van der Waals surface area contributed by atoms with E-state index in [2.05, 4.69) is 52.2 Å². The highest BCUT2D eigenvalue weighted by atomic mass is 32.1. The number of aromatic nitrogens is 2. The van der Waals surface area contributed by atoms with Gasteiger partial charge in [0, 0.05) is 34.2 Å². The number of benzene rings is 1. The Hall–Kier alpha value is -1.69. The summed E-state index contributed by atoms with van der Waals surface area (Å²) >= 11 is 1.79. The summed E-state index contributed by atoms with van der Waals surface area (Å²) in [6, 6.07) is 10.8. The summed E-state index contributed by atoms with van der Waals surface area (Å²) in [6.07, 6.45) is 3.48. The zero-order valence-corrected chi connectivity index (χ0v) is 15.6. The minimum absolute atomic E-state index is 0.887. The molecule has 3 aromatic rings. The van der Waals surface area contributed by atoms with E-state index in [4.69, 9.17) is 9.84 Å². The van der Waals surface area contributed by atoms with Crippen LogP contribution in [0.15, 0.2) is 35.7 Å². The van der Waals surface area contributed by atoms with Crippen LogP contribution in [0.1, 0.15) is 24.2 Å². The van der Waals surface area contributed by atoms with Gasteiger partial charge in [0.05, 0.1) is 24.6 Å². The summed E-state index contributed by atoms with van der Waals surface area (Å²) < 4.78 is 8.83. The first-order valence-corrected chi connectivity index (χ1v) is 10.0. The Bertz CT molecular complexity index is 832. The highest BCUT2D eigenvalue weighted by Crippen LogP contribution is 2.29. The molecule has 0 amide bonds. The van der Waals surface area contributed by atoms with Gasteiger partial charge in [0.15, 0.2) is 0 Å². The van der Waals surface area contributed by atoms with E-state index < -0.39 is 0 Å². The summed E-state index contributed by atoms with van der Waals surface area (Å²) in [5.41, 5.74) is 3.62. The van der Waals surface area contributed by atoms with E-state index in [0.29, 0.717) is 0 Å². The number of fused-ring (bicyclic) bond motifs is 1. The van der Waals surface area contributed by atoms with Gasteiger partial charge in [-0.3, -0.25) is 4.90 Å². The SMILES string of the molecule is Cc1cc(CCCCN2CCOCC2)nn1-c1csc2ccccc12. The molecule has 1 aliphatic rings. The van der Waals surface area contributed by atoms with E-state index >= 15 is 0 Å². The average Bonchev–Trinajstić information content (AvgIpc) is 3.23. The number of rotatable bonds is 6. The van der Waals surface area contributed by atoms with E-state index in [1.165, 1.54) is 46.5 Å². The molecule has 0 unspecified atom stereocenters. The van der Waals surface area contributed by atoms with Gasteiger partial charge in [0.25, 0.3) is 0 Å². The topological polar surface area (TPSA) is 30.3 Å². The molecule has 0 radical (unpaired) electrons. The molecule has 5 heteroatoms. The maximum Gasteiger partial charge on any atom is 0.0834 e. The van der Waals surface area contributed by atoms with Crippen molar-refractivity contribution in [2.45, 2.75) is 26.2 Å². The van der Waals surface area contributed by atoms with E-state index in [-0.39, 0.29) is 0 Å². The molecule has 0 bridgehead atoms. The monoisotopic (exact) mass is 355 g/mol. The lowest BCUT2D eigenvalue weighted by molar-refractivity contribution is 0.0372. The maximum absolute atomic E-state index is 5.40. The average molecular weight is 356 g/mol. The van der Waals surface area contributed by atoms with Gasteiger partial charge in [0.2, 0.25) is 0 Å². The van der Waals surface area contributed by atoms with Gasteiger partial charge >= 0.3 is 0 Å². The Labute approximate surface area is 153 Å². The zero-order valence-electron chi connectivity index (χ0n) is 14.8. The lowest BCUT2D eigenvalue weighted by Crippen LogP contribution is -2.36. The summed E-state index contributed by atoms with van der Waals surface area (Å²) in [5.74, 6) is 0. The molecule has 4 rings (SSSR count). The minimum Gasteiger partial charge on any atom is -0.379 e. The normalized spacial score (nSPS) is 15.9. The molecule has 132 valence electrons. The Morgan fingerprint density at radius 2 is 2.00 bits per heavy atom. The summed E-state index contributed by atoms with van der Waals surface area (Å²) in [7, 11) is 0. The van der Waals surface area contributed by atoms with Crippen LogP contribution in [-0.2, 0) is 11.2 Å². The molecule has 1 saturated heterocycles. The van der Waals surface area contributed by atoms with Gasteiger partial charge in [-0.25, -0.2) is 4.68 Å². The van der Waals surface area contributed by atoms with Crippen molar-refractivity contribution in [2.75, 3.05) is 32.8 Å². The number of unbranched alkanes of at least 4 members (excludes halogenated alkanes) is 1. The van der Waals surface area contributed by atoms with Crippen molar-refractivity contribution in [1.29, 1.82) is 0 Å². The maximum atomic E-state index is 5.40. The van der Waals surface area contributed by atoms with Crippen molar-refractivity contribution in [3.05, 3.63) is 47.1 Å². The Kier molecular flexibility index (Phi) is 5.15. The van der Waals surface area contributed by atoms with Crippen LogP contribution in [0.3, 0.4) is 0 Å². The Morgan fingerprint density at radius 3 is 2.88 bits per heavy atom. The van der Waals surface area contributed by atoms with Crippen molar-refractivity contribution in [1.82, 2.24) is 14.7 Å². The van der Waals surface area contributed by atoms with E-state index in [1.807, 2.05) is 0 Å². The number of aryl methyl sites for hydroxylation is 2. The molecule has 0 N–H and O–H groups in total. The lowest BCUT2D eigenvalue weighted by atomic mass is 10.2. The van der Waals surface area contributed by atoms with Gasteiger partial charge in [-0.15, -0.1) is 11.3 Å². The first-order valence-electron chi connectivity index (χ1n) is 9.13. The van der Waals surface area contributed by atoms with Gasteiger partial charge in [0.1, 0.15) is 0 Å². The molecule has 3 heterocycles. The number of morpholine rings is 1. The van der Waals surface area contributed by atoms with Gasteiger partial charge in [-0.1, -0.05) is 18.2 Å². The van der Waals surface area contributed by atoms with E-state index in [1.54, 1.807) is 11.3 Å². The van der Waals surface area contributed by atoms with Crippen LogP contribution in [0.2, 0.25) is 0 Å². The summed E-state index contributed by atoms with van der Waals surface area (Å²) in [5, 5.41) is 8.38. The van der Waals surface area contributed by atoms with Crippen LogP contribution in [-0.4, -0.2) is 47.5 Å². The summed E-state index contributed by atoms with van der Waals surface area (Å²) in [6.45, 7) is 7.27. The fourth-order valence-corrected chi connectivity index (χ4v) is 4.42. The third kappa shape index (κ3) is 3.78. The molecule has 0 aliphatic carbocycles. The highest BCUT2D eigenvalue weighted by Gasteiger charge is 2.12. The van der Waals surface area contributed by atoms with Crippen molar-refractivity contribution < 1.29 is 4.74 Å². The van der Waals surface area contributed by atoms with Crippen LogP contribution in [0.5, 0.6) is 0 Å². The third-order valence-electron chi connectivity index (χ3n) is 4.89. The van der Waals surface area contributed by atoms with Crippen molar-refractivity contribution in [3.63, 3.8) is 0 Å². The van der Waals surface area contributed by atoms with E-state index in [9.17, 15) is 0 Å². The molecule has 25 heavy (non-hydrogen) atoms. The first kappa shape index (κ1) is 16.8. The van der Waals surface area contributed by atoms with Gasteiger partial charge in [-0.2, -0.15) is 5.10 Å². The Morgan fingerprint density at radius 1 is 1.16 bits per heavy atom. The number of thiophene rings is 1. The summed E-state index contributed by atoms with van der Waals surface area (Å²) in [4.78, 5) is 2.50. The molecular formula is C20H25N3OS. The molecular weight excluding hydrogens is 330 g/mol. The standard InChI is InChI=1S/C20H25N3OS/c1-16-14-17(6-4-5-9-22-10-12-24-13-11-22)21-23(16)19-15-25-20-8-3-2-7-18(19)20/h2-3,7-8,14-15H,4-6,9-13H2,1H3. The van der Waals surface area contributed by atoms with Crippen LogP contribution in [0.4, 0.5) is 0 Å². The minimum atomic E-state index is 0.887. The molecule has 2 aromatic heterocycles. The highest BCUT2D eigenvalue weighted by molar-refractivity contribution is 7.17. The van der Waals surface area contributed by atoms with Crippen LogP contribution >= 0.6 is 11.3 Å². The fraction of sp³-hybridized carbons (Fsp3) is 0.450. The number of ether oxygens (including phenoxy) is 1. The number of nitrogens with zero attached hydrogens (tertiary/aromatic N) is 3. The molecule has 1 aliphatic heterocycles. The second-order valence-corrected chi connectivity index (χ2v) is 7.63. The Balaban J connectivity index is 1.38. The third-order valence-corrected chi connectivity index (χ3v) is 5.84. The van der Waals surface area contributed by atoms with Crippen molar-refractivity contribution >= 4 is 21.4 Å². The van der Waals surface area contributed by atoms with E-state index in [0.717, 1.165) is 32.7 Å². The van der Waals surface area contributed by atoms with Crippen LogP contribution < -0.4 is 0 Å².